The van der Waals surface area contributed by atoms with Gasteiger partial charge in [0.15, 0.2) is 0 Å². The van der Waals surface area contributed by atoms with Gasteiger partial charge in [0.2, 0.25) is 0 Å². The van der Waals surface area contributed by atoms with Gasteiger partial charge in [0.25, 0.3) is 0 Å². The summed E-state index contributed by atoms with van der Waals surface area (Å²) in [5.74, 6) is -0.241. The Morgan fingerprint density at radius 2 is 2.00 bits per heavy atom. The molecule has 0 spiro atoms. The van der Waals surface area contributed by atoms with Crippen molar-refractivity contribution in [2.75, 3.05) is 6.54 Å². The Labute approximate surface area is 126 Å². The van der Waals surface area contributed by atoms with Gasteiger partial charge < -0.3 is 5.32 Å². The van der Waals surface area contributed by atoms with Gasteiger partial charge in [-0.1, -0.05) is 48.3 Å². The van der Waals surface area contributed by atoms with Crippen molar-refractivity contribution in [3.63, 3.8) is 0 Å². The van der Waals surface area contributed by atoms with Crippen molar-refractivity contribution in [2.45, 2.75) is 19.4 Å². The van der Waals surface area contributed by atoms with Crippen LogP contribution in [0.5, 0.6) is 0 Å². The molecule has 102 valence electrons. The van der Waals surface area contributed by atoms with E-state index in [9.17, 15) is 4.39 Å². The number of thiophene rings is 1. The van der Waals surface area contributed by atoms with Crippen LogP contribution in [0.3, 0.4) is 0 Å². The molecule has 1 heterocycles. The molecule has 0 bridgehead atoms. The third kappa shape index (κ3) is 3.48. The summed E-state index contributed by atoms with van der Waals surface area (Å²) in [6.45, 7) is 2.84. The molecule has 1 aromatic heterocycles. The van der Waals surface area contributed by atoms with Crippen LogP contribution in [0, 0.1) is 5.82 Å². The number of rotatable bonds is 5. The predicted octanol–water partition coefficient (Wildman–Crippen LogP) is 5.28. The van der Waals surface area contributed by atoms with Gasteiger partial charge in [-0.2, -0.15) is 0 Å². The van der Waals surface area contributed by atoms with Crippen molar-refractivity contribution in [1.82, 2.24) is 5.32 Å². The summed E-state index contributed by atoms with van der Waals surface area (Å²) in [6, 6.07) is 8.26. The Morgan fingerprint density at radius 3 is 2.58 bits per heavy atom. The molecule has 2 rings (SSSR count). The van der Waals surface area contributed by atoms with Crippen molar-refractivity contribution < 1.29 is 4.39 Å². The van der Waals surface area contributed by atoms with Crippen molar-refractivity contribution >= 4 is 34.5 Å². The van der Waals surface area contributed by atoms with E-state index in [-0.39, 0.29) is 11.9 Å². The third-order valence-electron chi connectivity index (χ3n) is 2.81. The first kappa shape index (κ1) is 14.8. The fraction of sp³-hybridized carbons (Fsp3) is 0.286. The second-order valence-electron chi connectivity index (χ2n) is 4.19. The van der Waals surface area contributed by atoms with E-state index in [1.165, 1.54) is 17.4 Å². The van der Waals surface area contributed by atoms with Crippen LogP contribution in [0.25, 0.3) is 0 Å². The summed E-state index contributed by atoms with van der Waals surface area (Å²) in [6.07, 6.45) is 0.959. The number of nitrogens with one attached hydrogen (secondary N) is 1. The molecule has 0 aliphatic heterocycles. The largest absolute Gasteiger partial charge is 0.306 e. The van der Waals surface area contributed by atoms with Crippen LogP contribution in [0.15, 0.2) is 30.3 Å². The van der Waals surface area contributed by atoms with Gasteiger partial charge in [-0.25, -0.2) is 4.39 Å². The minimum Gasteiger partial charge on any atom is -0.306 e. The maximum Gasteiger partial charge on any atom is 0.128 e. The maximum absolute atomic E-state index is 14.0. The summed E-state index contributed by atoms with van der Waals surface area (Å²) < 4.78 is 15.2. The fourth-order valence-corrected chi connectivity index (χ4v) is 3.47. The minimum atomic E-state index is -0.266. The third-order valence-corrected chi connectivity index (χ3v) is 4.33. The van der Waals surface area contributed by atoms with Crippen LogP contribution in [0.4, 0.5) is 4.39 Å². The standard InChI is InChI=1S/C14H14Cl2FNS/c1-2-7-18-13(9-5-3-4-6-11(9)17)10-8-12(15)19-14(10)16/h3-6,8,13,18H,2,7H2,1H3. The molecule has 5 heteroatoms. The molecule has 1 unspecified atom stereocenters. The van der Waals surface area contributed by atoms with Crippen LogP contribution in [0.2, 0.25) is 8.67 Å². The monoisotopic (exact) mass is 317 g/mol. The van der Waals surface area contributed by atoms with Gasteiger partial charge in [-0.15, -0.1) is 11.3 Å². The van der Waals surface area contributed by atoms with E-state index in [1.807, 2.05) is 6.07 Å². The fourth-order valence-electron chi connectivity index (χ4n) is 1.94. The number of hydrogen-bond donors (Lipinski definition) is 1. The highest BCUT2D eigenvalue weighted by atomic mass is 35.5. The highest BCUT2D eigenvalue weighted by Crippen LogP contribution is 2.38. The highest BCUT2D eigenvalue weighted by Gasteiger charge is 2.21. The van der Waals surface area contributed by atoms with Crippen molar-refractivity contribution in [3.05, 3.63) is 55.9 Å². The second-order valence-corrected chi connectivity index (χ2v) is 6.47. The van der Waals surface area contributed by atoms with E-state index in [4.69, 9.17) is 23.2 Å². The lowest BCUT2D eigenvalue weighted by molar-refractivity contribution is 0.547. The molecule has 0 amide bonds. The first-order valence-corrected chi connectivity index (χ1v) is 7.63. The average molecular weight is 318 g/mol. The molecule has 1 N–H and O–H groups in total. The van der Waals surface area contributed by atoms with E-state index in [0.717, 1.165) is 18.5 Å². The number of benzene rings is 1. The molecule has 0 saturated heterocycles. The molecular weight excluding hydrogens is 304 g/mol. The van der Waals surface area contributed by atoms with E-state index in [0.29, 0.717) is 14.2 Å². The van der Waals surface area contributed by atoms with Gasteiger partial charge in [-0.3, -0.25) is 0 Å². The molecule has 0 saturated carbocycles. The lowest BCUT2D eigenvalue weighted by Gasteiger charge is -2.19. The molecule has 0 aliphatic carbocycles. The summed E-state index contributed by atoms with van der Waals surface area (Å²) in [5.41, 5.74) is 1.42. The van der Waals surface area contributed by atoms with Crippen molar-refractivity contribution in [2.24, 2.45) is 0 Å². The van der Waals surface area contributed by atoms with E-state index in [1.54, 1.807) is 18.2 Å². The lowest BCUT2D eigenvalue weighted by atomic mass is 10.0. The topological polar surface area (TPSA) is 12.0 Å². The Hall–Kier alpha value is -0.610. The van der Waals surface area contributed by atoms with Gasteiger partial charge in [0.05, 0.1) is 14.7 Å². The van der Waals surface area contributed by atoms with Crippen molar-refractivity contribution in [3.8, 4) is 0 Å². The molecule has 2 aromatic rings. The van der Waals surface area contributed by atoms with Gasteiger partial charge in [-0.05, 0) is 25.1 Å². The molecular formula is C14H14Cl2FNS. The molecule has 1 atom stereocenters. The first-order chi connectivity index (χ1) is 9.13. The smallest absolute Gasteiger partial charge is 0.128 e. The number of hydrogen-bond acceptors (Lipinski definition) is 2. The lowest BCUT2D eigenvalue weighted by Crippen LogP contribution is -2.23. The average Bonchev–Trinajstić information content (AvgIpc) is 2.71. The van der Waals surface area contributed by atoms with E-state index >= 15 is 0 Å². The van der Waals surface area contributed by atoms with Crippen LogP contribution in [-0.2, 0) is 0 Å². The summed E-state index contributed by atoms with van der Waals surface area (Å²) >= 11 is 13.5. The Balaban J connectivity index is 2.41. The van der Waals surface area contributed by atoms with Crippen LogP contribution in [0.1, 0.15) is 30.5 Å². The van der Waals surface area contributed by atoms with Gasteiger partial charge in [0.1, 0.15) is 5.82 Å². The molecule has 0 aliphatic rings. The zero-order valence-corrected chi connectivity index (χ0v) is 12.7. The zero-order chi connectivity index (χ0) is 13.8. The zero-order valence-electron chi connectivity index (χ0n) is 10.4. The Bertz CT molecular complexity index is 556. The van der Waals surface area contributed by atoms with Crippen LogP contribution in [-0.4, -0.2) is 6.54 Å². The highest BCUT2D eigenvalue weighted by molar-refractivity contribution is 7.20. The molecule has 0 radical (unpaired) electrons. The van der Waals surface area contributed by atoms with E-state index < -0.39 is 0 Å². The summed E-state index contributed by atoms with van der Waals surface area (Å²) in [4.78, 5) is 0. The summed E-state index contributed by atoms with van der Waals surface area (Å²) in [7, 11) is 0. The quantitative estimate of drug-likeness (QED) is 0.790. The predicted molar refractivity (Wildman–Crippen MR) is 80.9 cm³/mol. The Morgan fingerprint density at radius 1 is 1.26 bits per heavy atom. The Kier molecular flexibility index (Phi) is 5.22. The molecule has 19 heavy (non-hydrogen) atoms. The summed E-state index contributed by atoms with van der Waals surface area (Å²) in [5, 5.41) is 3.32. The molecule has 1 nitrogen and oxygen atoms in total. The normalized spacial score (nSPS) is 12.6. The SMILES string of the molecule is CCCNC(c1ccccc1F)c1cc(Cl)sc1Cl. The molecule has 0 fully saturated rings. The van der Waals surface area contributed by atoms with Crippen LogP contribution >= 0.6 is 34.5 Å². The number of halogens is 3. The first-order valence-electron chi connectivity index (χ1n) is 6.06. The minimum absolute atomic E-state index is 0.241. The van der Waals surface area contributed by atoms with Crippen molar-refractivity contribution in [1.29, 1.82) is 0 Å². The second kappa shape index (κ2) is 6.71. The van der Waals surface area contributed by atoms with Crippen LogP contribution < -0.4 is 5.32 Å². The van der Waals surface area contributed by atoms with E-state index in [2.05, 4.69) is 12.2 Å². The maximum atomic E-state index is 14.0. The molecule has 1 aromatic carbocycles. The van der Waals surface area contributed by atoms with Gasteiger partial charge >= 0.3 is 0 Å². The van der Waals surface area contributed by atoms with Gasteiger partial charge in [0, 0.05) is 11.1 Å².